The lowest BCUT2D eigenvalue weighted by Crippen LogP contribution is -2.13. The molecule has 7 heteroatoms. The third-order valence-electron chi connectivity index (χ3n) is 4.21. The van der Waals surface area contributed by atoms with Gasteiger partial charge in [-0.1, -0.05) is 6.07 Å². The van der Waals surface area contributed by atoms with Crippen molar-refractivity contribution >= 4 is 23.4 Å². The van der Waals surface area contributed by atoms with Crippen molar-refractivity contribution in [1.29, 1.82) is 0 Å². The van der Waals surface area contributed by atoms with Crippen molar-refractivity contribution in [3.63, 3.8) is 0 Å². The minimum absolute atomic E-state index is 0.132. The normalized spacial score (nSPS) is 16.6. The molecule has 0 saturated carbocycles. The van der Waals surface area contributed by atoms with Crippen LogP contribution in [0.15, 0.2) is 48.0 Å². The molecule has 1 N–H and O–H groups in total. The number of benzene rings is 1. The van der Waals surface area contributed by atoms with E-state index in [1.165, 1.54) is 0 Å². The molecule has 0 radical (unpaired) electrons. The van der Waals surface area contributed by atoms with E-state index in [-0.39, 0.29) is 12.0 Å². The Morgan fingerprint density at radius 1 is 1.27 bits per heavy atom. The quantitative estimate of drug-likeness (QED) is 0.765. The highest BCUT2D eigenvalue weighted by atomic mass is 16.5. The number of hydrogen-bond acceptors (Lipinski definition) is 6. The van der Waals surface area contributed by atoms with E-state index >= 15 is 0 Å². The van der Waals surface area contributed by atoms with E-state index in [1.807, 2.05) is 68.8 Å². The van der Waals surface area contributed by atoms with Crippen molar-refractivity contribution in [3.05, 3.63) is 48.5 Å². The van der Waals surface area contributed by atoms with Gasteiger partial charge in [0.25, 0.3) is 0 Å². The summed E-state index contributed by atoms with van der Waals surface area (Å²) in [5.74, 6) is 1.77. The molecule has 0 amide bonds. The Bertz CT molecular complexity index is 948. The van der Waals surface area contributed by atoms with Crippen LogP contribution in [0.1, 0.15) is 25.5 Å². The van der Waals surface area contributed by atoms with Gasteiger partial charge >= 0.3 is 0 Å². The van der Waals surface area contributed by atoms with Gasteiger partial charge in [0.15, 0.2) is 11.5 Å². The molecule has 7 nitrogen and oxygen atoms in total. The number of anilines is 2. The highest BCUT2D eigenvalue weighted by Crippen LogP contribution is 2.26. The number of imidazole rings is 1. The van der Waals surface area contributed by atoms with E-state index in [1.54, 1.807) is 6.20 Å². The predicted molar refractivity (Wildman–Crippen MR) is 102 cm³/mol. The third kappa shape index (κ3) is 3.20. The summed E-state index contributed by atoms with van der Waals surface area (Å²) in [6, 6.07) is 7.86. The average Bonchev–Trinajstić information content (AvgIpc) is 3.21. The van der Waals surface area contributed by atoms with Crippen molar-refractivity contribution in [2.24, 2.45) is 5.10 Å². The van der Waals surface area contributed by atoms with Crippen LogP contribution in [0.5, 0.6) is 5.75 Å². The van der Waals surface area contributed by atoms with Gasteiger partial charge < -0.3 is 10.1 Å². The van der Waals surface area contributed by atoms with E-state index in [4.69, 9.17) is 4.74 Å². The van der Waals surface area contributed by atoms with Crippen LogP contribution in [-0.4, -0.2) is 45.3 Å². The summed E-state index contributed by atoms with van der Waals surface area (Å²) in [4.78, 5) is 9.05. The van der Waals surface area contributed by atoms with Crippen molar-refractivity contribution in [1.82, 2.24) is 19.4 Å². The van der Waals surface area contributed by atoms with Gasteiger partial charge in [0.1, 0.15) is 5.75 Å². The highest BCUT2D eigenvalue weighted by Gasteiger charge is 2.21. The minimum atomic E-state index is 0.132. The number of ether oxygens (including phenoxy) is 1. The molecule has 1 aliphatic rings. The summed E-state index contributed by atoms with van der Waals surface area (Å²) in [6.45, 7) is 4.88. The maximum absolute atomic E-state index is 5.76. The van der Waals surface area contributed by atoms with Crippen molar-refractivity contribution in [2.75, 3.05) is 18.9 Å². The first-order chi connectivity index (χ1) is 12.6. The fraction of sp³-hybridized carbons (Fsp3) is 0.316. The van der Waals surface area contributed by atoms with Crippen LogP contribution in [-0.2, 0) is 0 Å². The molecule has 2 aromatic heterocycles. The molecule has 1 unspecified atom stereocenters. The van der Waals surface area contributed by atoms with E-state index in [0.717, 1.165) is 29.3 Å². The third-order valence-corrected chi connectivity index (χ3v) is 4.21. The molecular weight excluding hydrogens is 328 g/mol. The number of rotatable bonds is 5. The number of nitrogens with one attached hydrogen (secondary N) is 1. The van der Waals surface area contributed by atoms with Crippen molar-refractivity contribution in [3.8, 4) is 5.75 Å². The highest BCUT2D eigenvalue weighted by molar-refractivity contribution is 5.73. The topological polar surface area (TPSA) is 67.1 Å². The molecule has 1 aliphatic heterocycles. The second-order valence-corrected chi connectivity index (χ2v) is 6.68. The summed E-state index contributed by atoms with van der Waals surface area (Å²) in [5.41, 5.74) is 2.81. The summed E-state index contributed by atoms with van der Waals surface area (Å²) in [7, 11) is 1.97. The molecule has 0 saturated heterocycles. The van der Waals surface area contributed by atoms with Gasteiger partial charge in [0.2, 0.25) is 0 Å². The van der Waals surface area contributed by atoms with Gasteiger partial charge in [0.05, 0.1) is 23.9 Å². The fourth-order valence-electron chi connectivity index (χ4n) is 3.10. The lowest BCUT2D eigenvalue weighted by Gasteiger charge is -2.13. The van der Waals surface area contributed by atoms with E-state index < -0.39 is 0 Å². The molecule has 0 fully saturated rings. The molecule has 0 spiro atoms. The zero-order chi connectivity index (χ0) is 18.1. The summed E-state index contributed by atoms with van der Waals surface area (Å²) < 4.78 is 7.83. The molecule has 4 rings (SSSR count). The van der Waals surface area contributed by atoms with Crippen LogP contribution in [0.3, 0.4) is 0 Å². The first-order valence-electron chi connectivity index (χ1n) is 8.71. The zero-order valence-electron chi connectivity index (χ0n) is 15.1. The Morgan fingerprint density at radius 2 is 2.15 bits per heavy atom. The van der Waals surface area contributed by atoms with E-state index in [9.17, 15) is 0 Å². The zero-order valence-corrected chi connectivity index (χ0v) is 15.1. The SMILES string of the molecule is CC(C)Oc1cccc(Nc2nccn3c(C4C=NN(C)C4)cnc23)c1. The van der Waals surface area contributed by atoms with Crippen LogP contribution >= 0.6 is 0 Å². The first kappa shape index (κ1) is 16.4. The Kier molecular flexibility index (Phi) is 4.20. The second-order valence-electron chi connectivity index (χ2n) is 6.68. The number of likely N-dealkylation sites (N-methyl/N-ethyl adjacent to an activating group) is 1. The molecule has 26 heavy (non-hydrogen) atoms. The van der Waals surface area contributed by atoms with Crippen LogP contribution in [0, 0.1) is 0 Å². The molecule has 0 aliphatic carbocycles. The Morgan fingerprint density at radius 3 is 2.92 bits per heavy atom. The molecule has 1 aromatic carbocycles. The first-order valence-corrected chi connectivity index (χ1v) is 8.71. The maximum atomic E-state index is 5.76. The average molecular weight is 350 g/mol. The van der Waals surface area contributed by atoms with Crippen LogP contribution in [0.4, 0.5) is 11.5 Å². The lowest BCUT2D eigenvalue weighted by atomic mass is 10.1. The minimum Gasteiger partial charge on any atom is -0.491 e. The van der Waals surface area contributed by atoms with E-state index in [0.29, 0.717) is 5.82 Å². The molecule has 3 aromatic rings. The van der Waals surface area contributed by atoms with Crippen molar-refractivity contribution < 1.29 is 4.74 Å². The van der Waals surface area contributed by atoms with Gasteiger partial charge in [-0.25, -0.2) is 9.97 Å². The van der Waals surface area contributed by atoms with Gasteiger partial charge in [-0.2, -0.15) is 5.10 Å². The van der Waals surface area contributed by atoms with Gasteiger partial charge in [-0.05, 0) is 26.0 Å². The molecular formula is C19H22N6O. The molecule has 3 heterocycles. The van der Waals surface area contributed by atoms with Crippen LogP contribution in [0.2, 0.25) is 0 Å². The van der Waals surface area contributed by atoms with Crippen LogP contribution in [0.25, 0.3) is 5.65 Å². The Labute approximate surface area is 152 Å². The monoisotopic (exact) mass is 350 g/mol. The Balaban J connectivity index is 1.64. The number of hydrazone groups is 1. The van der Waals surface area contributed by atoms with Gasteiger partial charge in [-0.15, -0.1) is 0 Å². The van der Waals surface area contributed by atoms with Crippen molar-refractivity contribution in [2.45, 2.75) is 25.9 Å². The second kappa shape index (κ2) is 6.67. The summed E-state index contributed by atoms with van der Waals surface area (Å²) >= 11 is 0. The lowest BCUT2D eigenvalue weighted by molar-refractivity contribution is 0.242. The summed E-state index contributed by atoms with van der Waals surface area (Å²) in [5, 5.41) is 9.62. The molecule has 0 bridgehead atoms. The number of aromatic nitrogens is 3. The molecule has 134 valence electrons. The standard InChI is InChI=1S/C19H22N6O/c1-13(2)26-16-6-4-5-15(9-16)23-18-19-21-11-17(25(19)8-7-20-18)14-10-22-24(3)12-14/h4-11,13-14H,12H2,1-3H3,(H,20,23). The Hall–Kier alpha value is -3.09. The predicted octanol–water partition coefficient (Wildman–Crippen LogP) is 3.27. The van der Waals surface area contributed by atoms with Gasteiger partial charge in [-0.3, -0.25) is 9.41 Å². The molecule has 1 atom stereocenters. The largest absolute Gasteiger partial charge is 0.491 e. The maximum Gasteiger partial charge on any atom is 0.180 e. The van der Waals surface area contributed by atoms with Gasteiger partial charge in [0, 0.05) is 44.0 Å². The fourth-order valence-corrected chi connectivity index (χ4v) is 3.10. The van der Waals surface area contributed by atoms with E-state index in [2.05, 4.69) is 24.8 Å². The number of fused-ring (bicyclic) bond motifs is 1. The smallest absolute Gasteiger partial charge is 0.180 e. The number of hydrogen-bond donors (Lipinski definition) is 1. The number of nitrogens with zero attached hydrogens (tertiary/aromatic N) is 5. The van der Waals surface area contributed by atoms with Crippen LogP contribution < -0.4 is 10.1 Å². The summed E-state index contributed by atoms with van der Waals surface area (Å²) in [6.07, 6.45) is 7.71.